The van der Waals surface area contributed by atoms with E-state index in [1.165, 1.54) is 0 Å². The predicted molar refractivity (Wildman–Crippen MR) is 87.6 cm³/mol. The molecule has 1 N–H and O–H groups in total. The number of hydrogen-bond acceptors (Lipinski definition) is 3. The number of rotatable bonds is 4. The van der Waals surface area contributed by atoms with Crippen LogP contribution in [-0.4, -0.2) is 54.3 Å². The number of nitrogens with one attached hydrogen (secondary N) is 1. The molecule has 2 rings (SSSR count). The molecule has 0 bridgehead atoms. The molecule has 1 atom stereocenters. The van der Waals surface area contributed by atoms with E-state index < -0.39 is 5.54 Å². The van der Waals surface area contributed by atoms with Gasteiger partial charge in [0.15, 0.2) is 0 Å². The Hall–Kier alpha value is -2.04. The molecule has 5 nitrogen and oxygen atoms in total. The van der Waals surface area contributed by atoms with Crippen molar-refractivity contribution in [3.05, 3.63) is 30.3 Å². The average Bonchev–Trinajstić information content (AvgIpc) is 2.54. The summed E-state index contributed by atoms with van der Waals surface area (Å²) in [5.41, 5.74) is 0.164. The third kappa shape index (κ3) is 3.40. The van der Waals surface area contributed by atoms with Gasteiger partial charge in [0.2, 0.25) is 11.8 Å². The lowest BCUT2D eigenvalue weighted by Gasteiger charge is -2.43. The molecule has 1 unspecified atom stereocenters. The number of likely N-dealkylation sites (N-methyl/N-ethyl adjacent to an activating group) is 1. The van der Waals surface area contributed by atoms with Crippen molar-refractivity contribution in [2.24, 2.45) is 0 Å². The Balaban J connectivity index is 2.29. The molecule has 2 amide bonds. The molecule has 1 aliphatic heterocycles. The quantitative estimate of drug-likeness (QED) is 0.925. The first-order valence-corrected chi connectivity index (χ1v) is 7.81. The van der Waals surface area contributed by atoms with E-state index in [2.05, 4.69) is 5.32 Å². The van der Waals surface area contributed by atoms with Gasteiger partial charge in [-0.25, -0.2) is 0 Å². The van der Waals surface area contributed by atoms with E-state index in [9.17, 15) is 9.59 Å². The predicted octanol–water partition coefficient (Wildman–Crippen LogP) is 1.96. The number of anilines is 1. The first-order chi connectivity index (χ1) is 10.5. The Morgan fingerprint density at radius 2 is 1.95 bits per heavy atom. The Bertz CT molecular complexity index is 530. The first kappa shape index (κ1) is 16.3. The summed E-state index contributed by atoms with van der Waals surface area (Å²) in [6, 6.07) is 9.72. The van der Waals surface area contributed by atoms with Crippen molar-refractivity contribution in [3.8, 4) is 0 Å². The van der Waals surface area contributed by atoms with Crippen LogP contribution in [0.3, 0.4) is 0 Å². The van der Waals surface area contributed by atoms with Crippen molar-refractivity contribution in [2.45, 2.75) is 31.7 Å². The zero-order valence-electron chi connectivity index (χ0n) is 13.6. The van der Waals surface area contributed by atoms with Crippen molar-refractivity contribution < 1.29 is 9.59 Å². The molecule has 1 aromatic rings. The molecule has 0 radical (unpaired) electrons. The Kier molecular flexibility index (Phi) is 5.06. The topological polar surface area (TPSA) is 52.7 Å². The summed E-state index contributed by atoms with van der Waals surface area (Å²) in [5.74, 6) is 0.121. The molecule has 1 heterocycles. The highest BCUT2D eigenvalue weighted by Crippen LogP contribution is 2.28. The van der Waals surface area contributed by atoms with Crippen LogP contribution in [0.5, 0.6) is 0 Å². The molecule has 0 aromatic heterocycles. The number of hydrogen-bond donors (Lipinski definition) is 1. The smallest absolute Gasteiger partial charge is 0.249 e. The molecule has 1 aliphatic rings. The van der Waals surface area contributed by atoms with Crippen molar-refractivity contribution in [2.75, 3.05) is 32.5 Å². The summed E-state index contributed by atoms with van der Waals surface area (Å²) in [6.45, 7) is 3.01. The molecule has 1 fully saturated rings. The van der Waals surface area contributed by atoms with Gasteiger partial charge in [0.25, 0.3) is 0 Å². The number of likely N-dealkylation sites (tertiary alicyclic amines) is 1. The molecule has 0 spiro atoms. The molecule has 120 valence electrons. The van der Waals surface area contributed by atoms with E-state index in [4.69, 9.17) is 0 Å². The minimum atomic E-state index is -0.742. The van der Waals surface area contributed by atoms with Crippen LogP contribution in [0.25, 0.3) is 0 Å². The number of benzene rings is 1. The summed E-state index contributed by atoms with van der Waals surface area (Å²) in [5, 5.41) is 3.40. The summed E-state index contributed by atoms with van der Waals surface area (Å²) >= 11 is 0. The standard InChI is InChI=1S/C17H25N3O2/c1-4-15(21)20-12-8-11-17(13-20,16(22)19(2)3)18-14-9-6-5-7-10-14/h5-7,9-10,18H,4,8,11-13H2,1-3H3. The van der Waals surface area contributed by atoms with Gasteiger partial charge in [-0.1, -0.05) is 25.1 Å². The second kappa shape index (κ2) is 6.81. The van der Waals surface area contributed by atoms with Gasteiger partial charge in [0.05, 0.1) is 6.54 Å². The van der Waals surface area contributed by atoms with Gasteiger partial charge in [-0.3, -0.25) is 9.59 Å². The second-order valence-corrected chi connectivity index (χ2v) is 6.05. The Labute approximate surface area is 132 Å². The van der Waals surface area contributed by atoms with E-state index in [1.54, 1.807) is 23.9 Å². The molecular weight excluding hydrogens is 278 g/mol. The molecule has 0 saturated carbocycles. The highest BCUT2D eigenvalue weighted by molar-refractivity contribution is 5.90. The average molecular weight is 303 g/mol. The van der Waals surface area contributed by atoms with Gasteiger partial charge in [-0.2, -0.15) is 0 Å². The first-order valence-electron chi connectivity index (χ1n) is 7.81. The summed E-state index contributed by atoms with van der Waals surface area (Å²) in [4.78, 5) is 28.3. The maximum Gasteiger partial charge on any atom is 0.249 e. The second-order valence-electron chi connectivity index (χ2n) is 6.05. The van der Waals surface area contributed by atoms with Crippen LogP contribution in [0.1, 0.15) is 26.2 Å². The van der Waals surface area contributed by atoms with Crippen LogP contribution in [0.2, 0.25) is 0 Å². The zero-order chi connectivity index (χ0) is 16.2. The maximum absolute atomic E-state index is 12.8. The van der Waals surface area contributed by atoms with Crippen molar-refractivity contribution in [1.82, 2.24) is 9.80 Å². The van der Waals surface area contributed by atoms with Crippen LogP contribution >= 0.6 is 0 Å². The highest BCUT2D eigenvalue weighted by Gasteiger charge is 2.44. The van der Waals surface area contributed by atoms with Crippen molar-refractivity contribution >= 4 is 17.5 Å². The fourth-order valence-corrected chi connectivity index (χ4v) is 3.05. The number of carbonyl (C=O) groups is 2. The minimum absolute atomic E-state index is 0.0185. The Morgan fingerprint density at radius 3 is 2.55 bits per heavy atom. The van der Waals surface area contributed by atoms with Crippen LogP contribution in [0.15, 0.2) is 30.3 Å². The fraction of sp³-hybridized carbons (Fsp3) is 0.529. The van der Waals surface area contributed by atoms with E-state index in [0.29, 0.717) is 13.0 Å². The molecule has 0 aliphatic carbocycles. The third-order valence-electron chi connectivity index (χ3n) is 4.12. The molecule has 1 saturated heterocycles. The maximum atomic E-state index is 12.8. The number of para-hydroxylation sites is 1. The van der Waals surface area contributed by atoms with Gasteiger partial charge in [-0.15, -0.1) is 0 Å². The number of amides is 2. The summed E-state index contributed by atoms with van der Waals surface area (Å²) in [7, 11) is 3.52. The number of piperidine rings is 1. The van der Waals surface area contributed by atoms with Crippen molar-refractivity contribution in [3.63, 3.8) is 0 Å². The largest absolute Gasteiger partial charge is 0.370 e. The summed E-state index contributed by atoms with van der Waals surface area (Å²) < 4.78 is 0. The monoisotopic (exact) mass is 303 g/mol. The third-order valence-corrected chi connectivity index (χ3v) is 4.12. The van der Waals surface area contributed by atoms with Crippen LogP contribution in [0, 0.1) is 0 Å². The van der Waals surface area contributed by atoms with Gasteiger partial charge < -0.3 is 15.1 Å². The van der Waals surface area contributed by atoms with E-state index in [0.717, 1.165) is 25.1 Å². The lowest BCUT2D eigenvalue weighted by Crippen LogP contribution is -2.62. The van der Waals surface area contributed by atoms with E-state index in [-0.39, 0.29) is 11.8 Å². The van der Waals surface area contributed by atoms with Gasteiger partial charge in [0, 0.05) is 32.7 Å². The van der Waals surface area contributed by atoms with Gasteiger partial charge in [-0.05, 0) is 25.0 Å². The van der Waals surface area contributed by atoms with E-state index in [1.807, 2.05) is 37.3 Å². The number of nitrogens with zero attached hydrogens (tertiary/aromatic N) is 2. The number of carbonyl (C=O) groups excluding carboxylic acids is 2. The van der Waals surface area contributed by atoms with E-state index >= 15 is 0 Å². The minimum Gasteiger partial charge on any atom is -0.370 e. The van der Waals surface area contributed by atoms with Crippen LogP contribution in [-0.2, 0) is 9.59 Å². The SMILES string of the molecule is CCC(=O)N1CCCC(Nc2ccccc2)(C(=O)N(C)C)C1. The molecule has 1 aromatic carbocycles. The van der Waals surface area contributed by atoms with Gasteiger partial charge >= 0.3 is 0 Å². The van der Waals surface area contributed by atoms with Crippen molar-refractivity contribution in [1.29, 1.82) is 0 Å². The lowest BCUT2D eigenvalue weighted by molar-refractivity contribution is -0.139. The van der Waals surface area contributed by atoms with Crippen LogP contribution < -0.4 is 5.32 Å². The lowest BCUT2D eigenvalue weighted by atomic mass is 9.86. The highest BCUT2D eigenvalue weighted by atomic mass is 16.2. The summed E-state index contributed by atoms with van der Waals surface area (Å²) in [6.07, 6.45) is 2.02. The van der Waals surface area contributed by atoms with Crippen LogP contribution in [0.4, 0.5) is 5.69 Å². The van der Waals surface area contributed by atoms with Gasteiger partial charge in [0.1, 0.15) is 5.54 Å². The molecule has 5 heteroatoms. The fourth-order valence-electron chi connectivity index (χ4n) is 3.05. The zero-order valence-corrected chi connectivity index (χ0v) is 13.6. The normalized spacial score (nSPS) is 21.3. The Morgan fingerprint density at radius 1 is 1.27 bits per heavy atom. The molecular formula is C17H25N3O2. The molecule has 22 heavy (non-hydrogen) atoms.